The number of benzene rings is 1. The lowest BCUT2D eigenvalue weighted by Gasteiger charge is -2.46. The number of allylic oxidation sites excluding steroid dienone is 4. The summed E-state index contributed by atoms with van der Waals surface area (Å²) in [5.74, 6) is 2.33. The summed E-state index contributed by atoms with van der Waals surface area (Å²) in [5.41, 5.74) is 9.25. The van der Waals surface area contributed by atoms with Gasteiger partial charge in [-0.2, -0.15) is 0 Å². The van der Waals surface area contributed by atoms with Crippen molar-refractivity contribution in [1.29, 1.82) is 0 Å². The standard InChI is InChI=1S/C33H51NSi/c1-21-17-22-18-27-25-16-15-23(31(2,3)4)19-28(25)33(8,9)29(27)20-26(22)30(21)35-34(32(5,6)7)24-13-11-10-12-14-24/h15-16,18-22,24,26,30H,10-14,17,35H2,1-9H3. The van der Waals surface area contributed by atoms with Crippen molar-refractivity contribution in [3.8, 4) is 0 Å². The van der Waals surface area contributed by atoms with E-state index in [0.29, 0.717) is 5.54 Å². The fourth-order valence-electron chi connectivity index (χ4n) is 8.05. The third-order valence-electron chi connectivity index (χ3n) is 10.2. The number of fused-ring (bicyclic) bond motifs is 4. The molecule has 4 aliphatic rings. The van der Waals surface area contributed by atoms with Gasteiger partial charge >= 0.3 is 0 Å². The van der Waals surface area contributed by atoms with Crippen LogP contribution in [0.25, 0.3) is 5.57 Å². The molecule has 0 aromatic heterocycles. The van der Waals surface area contributed by atoms with Crippen molar-refractivity contribution < 1.29 is 0 Å². The Morgan fingerprint density at radius 1 is 0.943 bits per heavy atom. The summed E-state index contributed by atoms with van der Waals surface area (Å²) in [6, 6.07) is 8.21. The summed E-state index contributed by atoms with van der Waals surface area (Å²) < 4.78 is 3.07. The molecule has 2 heteroatoms. The maximum absolute atomic E-state index is 3.07. The smallest absolute Gasteiger partial charge is 0.0999 e. The fourth-order valence-corrected chi connectivity index (χ4v) is 11.0. The Kier molecular flexibility index (Phi) is 6.36. The summed E-state index contributed by atoms with van der Waals surface area (Å²) >= 11 is 0. The van der Waals surface area contributed by atoms with Gasteiger partial charge in [-0.1, -0.05) is 91.2 Å². The van der Waals surface area contributed by atoms with Crippen LogP contribution in [0.5, 0.6) is 0 Å². The van der Waals surface area contributed by atoms with Gasteiger partial charge in [-0.25, -0.2) is 0 Å². The summed E-state index contributed by atoms with van der Waals surface area (Å²) in [6.07, 6.45) is 14.1. The maximum atomic E-state index is 3.07. The van der Waals surface area contributed by atoms with Crippen LogP contribution in [0.2, 0.25) is 5.54 Å². The van der Waals surface area contributed by atoms with Crippen molar-refractivity contribution in [2.24, 2.45) is 17.8 Å². The molecule has 35 heavy (non-hydrogen) atoms. The molecule has 2 saturated carbocycles. The first kappa shape index (κ1) is 25.5. The molecule has 1 nitrogen and oxygen atoms in total. The second-order valence-corrected chi connectivity index (χ2v) is 17.0. The van der Waals surface area contributed by atoms with Gasteiger partial charge in [-0.15, -0.1) is 0 Å². The summed E-state index contributed by atoms with van der Waals surface area (Å²) in [4.78, 5) is 0. The van der Waals surface area contributed by atoms with Crippen LogP contribution in [0, 0.1) is 17.8 Å². The second-order valence-electron chi connectivity index (χ2n) is 15.0. The molecule has 0 amide bonds. The Labute approximate surface area is 218 Å². The molecule has 192 valence electrons. The van der Waals surface area contributed by atoms with Crippen molar-refractivity contribution in [1.82, 2.24) is 4.57 Å². The summed E-state index contributed by atoms with van der Waals surface area (Å²) in [6.45, 7) is 22.1. The van der Waals surface area contributed by atoms with Crippen LogP contribution < -0.4 is 0 Å². The van der Waals surface area contributed by atoms with E-state index in [2.05, 4.69) is 97.2 Å². The zero-order valence-electron chi connectivity index (χ0n) is 24.2. The van der Waals surface area contributed by atoms with E-state index in [1.165, 1.54) is 49.7 Å². The summed E-state index contributed by atoms with van der Waals surface area (Å²) in [5, 5.41) is 0. The Hall–Kier alpha value is -1.12. The Morgan fingerprint density at radius 2 is 1.63 bits per heavy atom. The predicted octanol–water partition coefficient (Wildman–Crippen LogP) is 8.18. The van der Waals surface area contributed by atoms with Crippen LogP contribution in [0.1, 0.15) is 118 Å². The lowest BCUT2D eigenvalue weighted by atomic mass is 9.75. The molecule has 1 aromatic carbocycles. The molecular weight excluding hydrogens is 438 g/mol. The molecule has 5 rings (SSSR count). The largest absolute Gasteiger partial charge is 0.322 e. The van der Waals surface area contributed by atoms with E-state index in [1.54, 1.807) is 16.7 Å². The maximum Gasteiger partial charge on any atom is 0.0999 e. The van der Waals surface area contributed by atoms with Gasteiger partial charge in [0.15, 0.2) is 0 Å². The van der Waals surface area contributed by atoms with Crippen molar-refractivity contribution in [3.63, 3.8) is 0 Å². The topological polar surface area (TPSA) is 3.24 Å². The molecule has 0 bridgehead atoms. The van der Waals surface area contributed by atoms with Crippen LogP contribution >= 0.6 is 0 Å². The van der Waals surface area contributed by atoms with E-state index < -0.39 is 0 Å². The third-order valence-corrected chi connectivity index (χ3v) is 13.8. The molecule has 0 N–H and O–H groups in total. The predicted molar refractivity (Wildman–Crippen MR) is 156 cm³/mol. The molecular formula is C33H51NSi. The quantitative estimate of drug-likeness (QED) is 0.387. The van der Waals surface area contributed by atoms with Gasteiger partial charge in [0.2, 0.25) is 0 Å². The Morgan fingerprint density at radius 3 is 2.26 bits per heavy atom. The monoisotopic (exact) mass is 489 g/mol. The second kappa shape index (κ2) is 8.73. The van der Waals surface area contributed by atoms with Gasteiger partial charge in [0.05, 0.1) is 9.68 Å². The number of hydrogen-bond donors (Lipinski definition) is 0. The zero-order valence-corrected chi connectivity index (χ0v) is 25.6. The van der Waals surface area contributed by atoms with Crippen LogP contribution in [0.4, 0.5) is 0 Å². The average molecular weight is 490 g/mol. The molecule has 0 aliphatic heterocycles. The lowest BCUT2D eigenvalue weighted by Crippen LogP contribution is -2.52. The van der Waals surface area contributed by atoms with E-state index >= 15 is 0 Å². The Bertz CT molecular complexity index is 1020. The van der Waals surface area contributed by atoms with Gasteiger partial charge < -0.3 is 4.57 Å². The highest BCUT2D eigenvalue weighted by molar-refractivity contribution is 6.35. The van der Waals surface area contributed by atoms with E-state index in [9.17, 15) is 0 Å². The summed E-state index contributed by atoms with van der Waals surface area (Å²) in [7, 11) is -0.355. The highest BCUT2D eigenvalue weighted by Gasteiger charge is 2.48. The fraction of sp³-hybridized carbons (Fsp3) is 0.697. The highest BCUT2D eigenvalue weighted by atomic mass is 28.2. The first-order valence-corrected chi connectivity index (χ1v) is 16.1. The normalized spacial score (nSPS) is 30.9. The first-order chi connectivity index (χ1) is 16.3. The SMILES string of the molecule is CC1CC2C=C3C(=CC2C1[SiH2]N(C1CCCCC1)C(C)(C)C)C(C)(C)c1cc(C(C)(C)C)ccc13. The van der Waals surface area contributed by atoms with Gasteiger partial charge in [0, 0.05) is 17.0 Å². The molecule has 0 saturated heterocycles. The minimum Gasteiger partial charge on any atom is -0.322 e. The van der Waals surface area contributed by atoms with Crippen molar-refractivity contribution in [2.45, 2.75) is 129 Å². The van der Waals surface area contributed by atoms with Crippen LogP contribution in [-0.2, 0) is 10.8 Å². The molecule has 0 heterocycles. The minimum absolute atomic E-state index is 0.110. The zero-order chi connectivity index (χ0) is 25.3. The number of hydrogen-bond acceptors (Lipinski definition) is 1. The van der Waals surface area contributed by atoms with Crippen LogP contribution in [0.3, 0.4) is 0 Å². The number of rotatable bonds is 3. The van der Waals surface area contributed by atoms with Gasteiger partial charge in [0.1, 0.15) is 0 Å². The van der Waals surface area contributed by atoms with Crippen molar-refractivity contribution in [2.75, 3.05) is 0 Å². The van der Waals surface area contributed by atoms with Gasteiger partial charge in [0.25, 0.3) is 0 Å². The Balaban J connectivity index is 1.48. The van der Waals surface area contributed by atoms with Crippen LogP contribution in [0.15, 0.2) is 35.9 Å². The third kappa shape index (κ3) is 4.46. The van der Waals surface area contributed by atoms with Crippen molar-refractivity contribution >= 4 is 15.3 Å². The van der Waals surface area contributed by atoms with Gasteiger partial charge in [-0.05, 0) is 96.6 Å². The highest BCUT2D eigenvalue weighted by Crippen LogP contribution is 2.58. The van der Waals surface area contributed by atoms with E-state index in [-0.39, 0.29) is 20.5 Å². The van der Waals surface area contributed by atoms with E-state index in [4.69, 9.17) is 0 Å². The van der Waals surface area contributed by atoms with Crippen molar-refractivity contribution in [3.05, 3.63) is 52.6 Å². The molecule has 1 aromatic rings. The molecule has 0 radical (unpaired) electrons. The average Bonchev–Trinajstić information content (AvgIpc) is 3.19. The number of nitrogens with zero attached hydrogens (tertiary/aromatic N) is 1. The van der Waals surface area contributed by atoms with E-state index in [1.807, 2.05) is 0 Å². The molecule has 4 unspecified atom stereocenters. The van der Waals surface area contributed by atoms with E-state index in [0.717, 1.165) is 29.3 Å². The van der Waals surface area contributed by atoms with Crippen LogP contribution in [-0.4, -0.2) is 25.8 Å². The molecule has 4 atom stereocenters. The minimum atomic E-state index is -0.355. The first-order valence-electron chi connectivity index (χ1n) is 14.6. The molecule has 2 fully saturated rings. The molecule has 0 spiro atoms. The lowest BCUT2D eigenvalue weighted by molar-refractivity contribution is 0.151. The van der Waals surface area contributed by atoms with Gasteiger partial charge in [-0.3, -0.25) is 0 Å². The molecule has 4 aliphatic carbocycles.